The monoisotopic (exact) mass is 296 g/mol. The van der Waals surface area contributed by atoms with E-state index in [0.717, 1.165) is 15.2 Å². The minimum atomic E-state index is 0.208. The predicted molar refractivity (Wildman–Crippen MR) is 65.7 cm³/mol. The van der Waals surface area contributed by atoms with E-state index in [1.54, 1.807) is 19.4 Å². The maximum Gasteiger partial charge on any atom is 0.147 e. The number of hydrogen-bond donors (Lipinski definition) is 0. The first-order chi connectivity index (χ1) is 7.67. The molecule has 0 radical (unpaired) electrons. The van der Waals surface area contributed by atoms with Crippen LogP contribution in [0.5, 0.6) is 5.75 Å². The third-order valence-electron chi connectivity index (χ3n) is 2.23. The Morgan fingerprint density at radius 1 is 1.50 bits per heavy atom. The van der Waals surface area contributed by atoms with Crippen molar-refractivity contribution < 1.29 is 4.74 Å². The molecular formula is C11H6BrClN2O. The standard InChI is InChI=1S/C11H6BrClN2O/c1-16-10-3-7-6(2-9(10)12)5-15-11(13)8(7)4-14/h2-3,5H,1H3. The van der Waals surface area contributed by atoms with Gasteiger partial charge in [0.15, 0.2) is 0 Å². The molecule has 1 aromatic carbocycles. The molecule has 3 nitrogen and oxygen atoms in total. The summed E-state index contributed by atoms with van der Waals surface area (Å²) in [6.07, 6.45) is 1.63. The Morgan fingerprint density at radius 3 is 2.88 bits per heavy atom. The summed E-state index contributed by atoms with van der Waals surface area (Å²) in [7, 11) is 1.57. The zero-order valence-electron chi connectivity index (χ0n) is 8.29. The highest BCUT2D eigenvalue weighted by Crippen LogP contribution is 2.33. The summed E-state index contributed by atoms with van der Waals surface area (Å²) < 4.78 is 5.99. The summed E-state index contributed by atoms with van der Waals surface area (Å²) >= 11 is 9.23. The van der Waals surface area contributed by atoms with Crippen LogP contribution in [-0.4, -0.2) is 12.1 Å². The minimum absolute atomic E-state index is 0.208. The molecule has 1 heterocycles. The quantitative estimate of drug-likeness (QED) is 0.756. The maximum absolute atomic E-state index is 9.02. The lowest BCUT2D eigenvalue weighted by Crippen LogP contribution is -1.89. The molecule has 5 heteroatoms. The van der Waals surface area contributed by atoms with Crippen molar-refractivity contribution in [1.29, 1.82) is 5.26 Å². The Hall–Kier alpha value is -1.31. The van der Waals surface area contributed by atoms with E-state index < -0.39 is 0 Å². The summed E-state index contributed by atoms with van der Waals surface area (Å²) in [6.45, 7) is 0. The largest absolute Gasteiger partial charge is 0.496 e. The number of ether oxygens (including phenoxy) is 1. The minimum Gasteiger partial charge on any atom is -0.496 e. The zero-order valence-corrected chi connectivity index (χ0v) is 10.6. The van der Waals surface area contributed by atoms with E-state index in [1.807, 2.05) is 12.1 Å². The Morgan fingerprint density at radius 2 is 2.25 bits per heavy atom. The number of fused-ring (bicyclic) bond motifs is 1. The first kappa shape index (κ1) is 11.2. The van der Waals surface area contributed by atoms with Gasteiger partial charge < -0.3 is 4.74 Å². The van der Waals surface area contributed by atoms with Crippen LogP contribution in [0.4, 0.5) is 0 Å². The lowest BCUT2D eigenvalue weighted by molar-refractivity contribution is 0.413. The average molecular weight is 298 g/mol. The highest BCUT2D eigenvalue weighted by molar-refractivity contribution is 9.10. The van der Waals surface area contributed by atoms with Crippen molar-refractivity contribution in [1.82, 2.24) is 4.98 Å². The predicted octanol–water partition coefficient (Wildman–Crippen LogP) is 3.53. The molecule has 2 aromatic rings. The number of aromatic nitrogens is 1. The van der Waals surface area contributed by atoms with Crippen LogP contribution in [0.3, 0.4) is 0 Å². The summed E-state index contributed by atoms with van der Waals surface area (Å²) in [5.74, 6) is 0.659. The Bertz CT molecular complexity index is 607. The first-order valence-electron chi connectivity index (χ1n) is 4.39. The van der Waals surface area contributed by atoms with Gasteiger partial charge in [-0.05, 0) is 28.1 Å². The molecule has 0 aliphatic rings. The fraction of sp³-hybridized carbons (Fsp3) is 0.0909. The Labute approximate surface area is 106 Å². The lowest BCUT2D eigenvalue weighted by atomic mass is 10.1. The SMILES string of the molecule is COc1cc2c(C#N)c(Cl)ncc2cc1Br. The first-order valence-corrected chi connectivity index (χ1v) is 5.56. The molecule has 16 heavy (non-hydrogen) atoms. The summed E-state index contributed by atoms with van der Waals surface area (Å²) in [4.78, 5) is 3.96. The van der Waals surface area contributed by atoms with Crippen LogP contribution in [0.25, 0.3) is 10.8 Å². The number of hydrogen-bond acceptors (Lipinski definition) is 3. The van der Waals surface area contributed by atoms with Crippen molar-refractivity contribution in [3.8, 4) is 11.8 Å². The van der Waals surface area contributed by atoms with Gasteiger partial charge >= 0.3 is 0 Å². The van der Waals surface area contributed by atoms with Gasteiger partial charge in [0, 0.05) is 17.0 Å². The number of pyridine rings is 1. The van der Waals surface area contributed by atoms with E-state index in [-0.39, 0.29) is 5.15 Å². The molecule has 0 bridgehead atoms. The van der Waals surface area contributed by atoms with Gasteiger partial charge in [0.05, 0.1) is 17.1 Å². The van der Waals surface area contributed by atoms with Gasteiger partial charge in [-0.2, -0.15) is 5.26 Å². The molecule has 0 N–H and O–H groups in total. The molecule has 0 aliphatic heterocycles. The van der Waals surface area contributed by atoms with Crippen LogP contribution < -0.4 is 4.74 Å². The molecule has 0 aliphatic carbocycles. The normalized spacial score (nSPS) is 10.1. The summed E-state index contributed by atoms with van der Waals surface area (Å²) in [5.41, 5.74) is 0.366. The molecule has 1 aromatic heterocycles. The van der Waals surface area contributed by atoms with E-state index in [9.17, 15) is 0 Å². The zero-order chi connectivity index (χ0) is 11.7. The van der Waals surface area contributed by atoms with Crippen molar-refractivity contribution in [2.45, 2.75) is 0 Å². The lowest BCUT2D eigenvalue weighted by Gasteiger charge is -2.07. The van der Waals surface area contributed by atoms with Crippen LogP contribution in [-0.2, 0) is 0 Å². The molecular weight excluding hydrogens is 291 g/mol. The van der Waals surface area contributed by atoms with Crippen molar-refractivity contribution in [2.24, 2.45) is 0 Å². The van der Waals surface area contributed by atoms with E-state index in [2.05, 4.69) is 20.9 Å². The van der Waals surface area contributed by atoms with Gasteiger partial charge in [0.1, 0.15) is 17.0 Å². The third kappa shape index (κ3) is 1.73. The van der Waals surface area contributed by atoms with Crippen molar-refractivity contribution in [3.05, 3.63) is 33.5 Å². The number of benzene rings is 1. The van der Waals surface area contributed by atoms with Crippen LogP contribution in [0.2, 0.25) is 5.15 Å². The average Bonchev–Trinajstić information content (AvgIpc) is 2.28. The smallest absolute Gasteiger partial charge is 0.147 e. The fourth-order valence-electron chi connectivity index (χ4n) is 1.46. The number of halogens is 2. The van der Waals surface area contributed by atoms with Gasteiger partial charge in [-0.25, -0.2) is 4.98 Å². The van der Waals surface area contributed by atoms with Gasteiger partial charge in [0.25, 0.3) is 0 Å². The van der Waals surface area contributed by atoms with Crippen LogP contribution in [0.15, 0.2) is 22.8 Å². The molecule has 80 valence electrons. The molecule has 0 atom stereocenters. The van der Waals surface area contributed by atoms with E-state index in [0.29, 0.717) is 11.3 Å². The molecule has 0 saturated heterocycles. The van der Waals surface area contributed by atoms with Gasteiger partial charge in [-0.15, -0.1) is 0 Å². The second-order valence-corrected chi connectivity index (χ2v) is 4.32. The van der Waals surface area contributed by atoms with E-state index in [4.69, 9.17) is 21.6 Å². The number of rotatable bonds is 1. The molecule has 0 fully saturated rings. The third-order valence-corrected chi connectivity index (χ3v) is 3.13. The second kappa shape index (κ2) is 4.28. The Balaban J connectivity index is 2.88. The topological polar surface area (TPSA) is 45.9 Å². The number of nitrogens with zero attached hydrogens (tertiary/aromatic N) is 2. The highest BCUT2D eigenvalue weighted by Gasteiger charge is 2.10. The van der Waals surface area contributed by atoms with E-state index >= 15 is 0 Å². The van der Waals surface area contributed by atoms with Crippen LogP contribution >= 0.6 is 27.5 Å². The van der Waals surface area contributed by atoms with Crippen LogP contribution in [0.1, 0.15) is 5.56 Å². The van der Waals surface area contributed by atoms with Crippen LogP contribution in [0, 0.1) is 11.3 Å². The van der Waals surface area contributed by atoms with E-state index in [1.165, 1.54) is 0 Å². The van der Waals surface area contributed by atoms with Crippen molar-refractivity contribution in [3.63, 3.8) is 0 Å². The van der Waals surface area contributed by atoms with Gasteiger partial charge in [-0.1, -0.05) is 11.6 Å². The second-order valence-electron chi connectivity index (χ2n) is 3.11. The molecule has 0 saturated carbocycles. The fourth-order valence-corrected chi connectivity index (χ4v) is 2.17. The molecule has 2 rings (SSSR count). The van der Waals surface area contributed by atoms with Crippen molar-refractivity contribution >= 4 is 38.3 Å². The number of nitriles is 1. The van der Waals surface area contributed by atoms with Gasteiger partial charge in [-0.3, -0.25) is 0 Å². The van der Waals surface area contributed by atoms with Crippen molar-refractivity contribution in [2.75, 3.05) is 7.11 Å². The summed E-state index contributed by atoms with van der Waals surface area (Å²) in [6, 6.07) is 5.66. The highest BCUT2D eigenvalue weighted by atomic mass is 79.9. The number of methoxy groups -OCH3 is 1. The molecule has 0 amide bonds. The Kier molecular flexibility index (Phi) is 2.99. The molecule has 0 spiro atoms. The maximum atomic E-state index is 9.02. The van der Waals surface area contributed by atoms with Gasteiger partial charge in [0.2, 0.25) is 0 Å². The summed E-state index contributed by atoms with van der Waals surface area (Å²) in [5, 5.41) is 10.8. The molecule has 0 unspecified atom stereocenters.